The fourth-order valence-corrected chi connectivity index (χ4v) is 3.04. The molecule has 6 heteroatoms. The third-order valence-electron chi connectivity index (χ3n) is 3.37. The van der Waals surface area contributed by atoms with Crippen molar-refractivity contribution in [3.05, 3.63) is 51.7 Å². The summed E-state index contributed by atoms with van der Waals surface area (Å²) in [6.45, 7) is 6.61. The first kappa shape index (κ1) is 20.8. The third-order valence-corrected chi connectivity index (χ3v) is 4.36. The number of benzene rings is 1. The Morgan fingerprint density at radius 3 is 2.71 bits per heavy atom. The topological polar surface area (TPSA) is 45.7 Å². The van der Waals surface area contributed by atoms with E-state index in [1.807, 2.05) is 12.1 Å². The molecule has 0 saturated heterocycles. The average molecular weight is 459 g/mol. The summed E-state index contributed by atoms with van der Waals surface area (Å²) in [7, 11) is 1.69. The standard InChI is InChI=1S/C18H25N3OS.HI/c1-4-19-18(21-13-17-9-8-14(2)23-17)20-11-10-15-6-5-7-16(12-15)22-3;/h5-9,12H,4,10-11,13H2,1-3H3,(H2,19,20,21);1H. The number of rotatable bonds is 7. The van der Waals surface area contributed by atoms with Gasteiger partial charge in [-0.3, -0.25) is 0 Å². The molecule has 2 aromatic rings. The zero-order chi connectivity index (χ0) is 16.5. The third kappa shape index (κ3) is 7.09. The maximum atomic E-state index is 5.26. The maximum Gasteiger partial charge on any atom is 0.191 e. The number of nitrogens with zero attached hydrogens (tertiary/aromatic N) is 1. The summed E-state index contributed by atoms with van der Waals surface area (Å²) < 4.78 is 5.26. The Balaban J connectivity index is 0.00000288. The fraction of sp³-hybridized carbons (Fsp3) is 0.389. The van der Waals surface area contributed by atoms with Crippen molar-refractivity contribution in [2.45, 2.75) is 26.8 Å². The van der Waals surface area contributed by atoms with Crippen LogP contribution in [0.2, 0.25) is 0 Å². The van der Waals surface area contributed by atoms with Crippen LogP contribution in [-0.4, -0.2) is 26.2 Å². The summed E-state index contributed by atoms with van der Waals surface area (Å²) in [6.07, 6.45) is 0.930. The van der Waals surface area contributed by atoms with Gasteiger partial charge in [0.25, 0.3) is 0 Å². The van der Waals surface area contributed by atoms with Crippen molar-refractivity contribution < 1.29 is 4.74 Å². The van der Waals surface area contributed by atoms with Crippen molar-refractivity contribution in [1.82, 2.24) is 10.6 Å². The zero-order valence-electron chi connectivity index (χ0n) is 14.5. The zero-order valence-corrected chi connectivity index (χ0v) is 17.6. The molecule has 0 saturated carbocycles. The molecule has 0 spiro atoms. The molecule has 0 amide bonds. The minimum Gasteiger partial charge on any atom is -0.497 e. The van der Waals surface area contributed by atoms with E-state index in [0.717, 1.165) is 31.2 Å². The van der Waals surface area contributed by atoms with Crippen LogP contribution in [0, 0.1) is 6.92 Å². The molecular weight excluding hydrogens is 433 g/mol. The second-order valence-electron chi connectivity index (χ2n) is 5.24. The first-order chi connectivity index (χ1) is 11.2. The Hall–Kier alpha value is -1.28. The van der Waals surface area contributed by atoms with E-state index >= 15 is 0 Å². The van der Waals surface area contributed by atoms with E-state index in [0.29, 0.717) is 6.54 Å². The molecule has 1 aromatic heterocycles. The highest BCUT2D eigenvalue weighted by atomic mass is 127. The van der Waals surface area contributed by atoms with Gasteiger partial charge in [-0.05, 0) is 50.1 Å². The number of nitrogens with one attached hydrogen (secondary N) is 2. The number of methoxy groups -OCH3 is 1. The van der Waals surface area contributed by atoms with E-state index in [2.05, 4.69) is 53.7 Å². The second kappa shape index (κ2) is 11.3. The minimum absolute atomic E-state index is 0. The minimum atomic E-state index is 0. The molecule has 0 aliphatic heterocycles. The first-order valence-corrected chi connectivity index (χ1v) is 8.73. The van der Waals surface area contributed by atoms with E-state index in [1.165, 1.54) is 15.3 Å². The molecule has 0 aliphatic rings. The predicted octanol–water partition coefficient (Wildman–Crippen LogP) is 3.98. The van der Waals surface area contributed by atoms with Gasteiger partial charge in [0.2, 0.25) is 0 Å². The lowest BCUT2D eigenvalue weighted by atomic mass is 10.1. The number of aliphatic imine (C=N–C) groups is 1. The molecule has 2 rings (SSSR count). The number of guanidine groups is 1. The maximum absolute atomic E-state index is 5.26. The number of ether oxygens (including phenoxy) is 1. The van der Waals surface area contributed by atoms with Gasteiger partial charge < -0.3 is 15.4 Å². The highest BCUT2D eigenvalue weighted by molar-refractivity contribution is 14.0. The first-order valence-electron chi connectivity index (χ1n) is 7.91. The van der Waals surface area contributed by atoms with Crippen molar-refractivity contribution >= 4 is 41.3 Å². The van der Waals surface area contributed by atoms with Gasteiger partial charge >= 0.3 is 0 Å². The molecule has 0 radical (unpaired) electrons. The van der Waals surface area contributed by atoms with Crippen LogP contribution in [0.3, 0.4) is 0 Å². The number of halogens is 1. The number of hydrogen-bond acceptors (Lipinski definition) is 3. The summed E-state index contributed by atoms with van der Waals surface area (Å²) in [5, 5.41) is 6.67. The van der Waals surface area contributed by atoms with E-state index in [1.54, 1.807) is 18.4 Å². The fourth-order valence-electron chi connectivity index (χ4n) is 2.22. The van der Waals surface area contributed by atoms with Crippen LogP contribution >= 0.6 is 35.3 Å². The molecule has 1 aromatic carbocycles. The van der Waals surface area contributed by atoms with Gasteiger partial charge in [-0.25, -0.2) is 4.99 Å². The van der Waals surface area contributed by atoms with Crippen LogP contribution in [0.25, 0.3) is 0 Å². The molecule has 24 heavy (non-hydrogen) atoms. The van der Waals surface area contributed by atoms with Gasteiger partial charge in [-0.15, -0.1) is 35.3 Å². The Bertz CT molecular complexity index is 643. The lowest BCUT2D eigenvalue weighted by Gasteiger charge is -2.11. The van der Waals surface area contributed by atoms with Crippen molar-refractivity contribution in [3.8, 4) is 5.75 Å². The quantitative estimate of drug-likeness (QED) is 0.374. The SMILES string of the molecule is CCNC(=NCc1ccc(C)s1)NCCc1cccc(OC)c1.I. The normalized spacial score (nSPS) is 10.9. The molecule has 0 atom stereocenters. The van der Waals surface area contributed by atoms with E-state index in [4.69, 9.17) is 4.74 Å². The van der Waals surface area contributed by atoms with Crippen LogP contribution in [0.4, 0.5) is 0 Å². The lowest BCUT2D eigenvalue weighted by molar-refractivity contribution is 0.414. The predicted molar refractivity (Wildman–Crippen MR) is 114 cm³/mol. The summed E-state index contributed by atoms with van der Waals surface area (Å²) >= 11 is 1.80. The molecule has 0 bridgehead atoms. The number of thiophene rings is 1. The Kier molecular flexibility index (Phi) is 9.78. The van der Waals surface area contributed by atoms with Gasteiger partial charge in [0, 0.05) is 22.8 Å². The van der Waals surface area contributed by atoms with Gasteiger partial charge in [0.1, 0.15) is 5.75 Å². The van der Waals surface area contributed by atoms with Crippen molar-refractivity contribution in [3.63, 3.8) is 0 Å². The van der Waals surface area contributed by atoms with Crippen LogP contribution in [-0.2, 0) is 13.0 Å². The smallest absolute Gasteiger partial charge is 0.191 e. The van der Waals surface area contributed by atoms with Gasteiger partial charge in [-0.1, -0.05) is 12.1 Å². The Morgan fingerprint density at radius 2 is 2.04 bits per heavy atom. The van der Waals surface area contributed by atoms with E-state index in [-0.39, 0.29) is 24.0 Å². The largest absolute Gasteiger partial charge is 0.497 e. The molecule has 2 N–H and O–H groups in total. The summed E-state index contributed by atoms with van der Waals surface area (Å²) in [5.74, 6) is 1.76. The monoisotopic (exact) mass is 459 g/mol. The number of hydrogen-bond donors (Lipinski definition) is 2. The molecule has 132 valence electrons. The molecule has 1 heterocycles. The highest BCUT2D eigenvalue weighted by Crippen LogP contribution is 2.15. The summed E-state index contributed by atoms with van der Waals surface area (Å²) in [4.78, 5) is 7.25. The van der Waals surface area contributed by atoms with E-state index in [9.17, 15) is 0 Å². The van der Waals surface area contributed by atoms with E-state index < -0.39 is 0 Å². The molecule has 0 unspecified atom stereocenters. The number of aryl methyl sites for hydroxylation is 1. The van der Waals surface area contributed by atoms with Crippen molar-refractivity contribution in [2.75, 3.05) is 20.2 Å². The average Bonchev–Trinajstić information content (AvgIpc) is 2.98. The molecule has 4 nitrogen and oxygen atoms in total. The Morgan fingerprint density at radius 1 is 1.21 bits per heavy atom. The second-order valence-corrected chi connectivity index (χ2v) is 6.61. The van der Waals surface area contributed by atoms with Crippen LogP contribution in [0.5, 0.6) is 5.75 Å². The van der Waals surface area contributed by atoms with Crippen molar-refractivity contribution in [1.29, 1.82) is 0 Å². The van der Waals surface area contributed by atoms with Crippen LogP contribution in [0.1, 0.15) is 22.2 Å². The molecule has 0 fully saturated rings. The Labute approximate surface area is 165 Å². The lowest BCUT2D eigenvalue weighted by Crippen LogP contribution is -2.38. The summed E-state index contributed by atoms with van der Waals surface area (Å²) in [6, 6.07) is 12.4. The summed E-state index contributed by atoms with van der Waals surface area (Å²) in [5.41, 5.74) is 1.25. The van der Waals surface area contributed by atoms with Crippen LogP contribution in [0.15, 0.2) is 41.4 Å². The van der Waals surface area contributed by atoms with Gasteiger partial charge in [-0.2, -0.15) is 0 Å². The molecular formula is C18H26IN3OS. The highest BCUT2D eigenvalue weighted by Gasteiger charge is 2.00. The van der Waals surface area contributed by atoms with Crippen LogP contribution < -0.4 is 15.4 Å². The van der Waals surface area contributed by atoms with Crippen molar-refractivity contribution in [2.24, 2.45) is 4.99 Å². The molecule has 0 aliphatic carbocycles. The van der Waals surface area contributed by atoms with Gasteiger partial charge in [0.15, 0.2) is 5.96 Å². The van der Waals surface area contributed by atoms with Gasteiger partial charge in [0.05, 0.1) is 13.7 Å².